The molecule has 4 heteroatoms. The average Bonchev–Trinajstić information content (AvgIpc) is 2.21. The van der Waals surface area contributed by atoms with Crippen LogP contribution in [0.25, 0.3) is 0 Å². The van der Waals surface area contributed by atoms with Gasteiger partial charge in [-0.1, -0.05) is 29.3 Å². The Bertz CT molecular complexity index is 535. The minimum absolute atomic E-state index is 0.526. The molecular formula is C13H11Cl2NO. The van der Waals surface area contributed by atoms with Crippen LogP contribution >= 0.6 is 23.2 Å². The SMILES string of the molecule is Cc1ccc(Oc2cc(Cl)cc(Cl)c2)c(N)c1. The number of hydrogen-bond acceptors (Lipinski definition) is 2. The van der Waals surface area contributed by atoms with Crippen molar-refractivity contribution < 1.29 is 4.74 Å². The molecule has 0 saturated carbocycles. The second-order valence-corrected chi connectivity index (χ2v) is 4.62. The number of aryl methyl sites for hydroxylation is 1. The van der Waals surface area contributed by atoms with Crippen LogP contribution in [0.4, 0.5) is 5.69 Å². The zero-order chi connectivity index (χ0) is 12.4. The van der Waals surface area contributed by atoms with Gasteiger partial charge in [-0.25, -0.2) is 0 Å². The van der Waals surface area contributed by atoms with Gasteiger partial charge in [0.25, 0.3) is 0 Å². The van der Waals surface area contributed by atoms with Gasteiger partial charge in [-0.2, -0.15) is 0 Å². The van der Waals surface area contributed by atoms with E-state index in [1.165, 1.54) is 0 Å². The van der Waals surface area contributed by atoms with Gasteiger partial charge < -0.3 is 10.5 Å². The monoisotopic (exact) mass is 267 g/mol. The molecule has 2 N–H and O–H groups in total. The summed E-state index contributed by atoms with van der Waals surface area (Å²) >= 11 is 11.8. The van der Waals surface area contributed by atoms with E-state index in [1.807, 2.05) is 25.1 Å². The highest BCUT2D eigenvalue weighted by molar-refractivity contribution is 6.34. The lowest BCUT2D eigenvalue weighted by Gasteiger charge is -2.09. The number of halogens is 2. The fourth-order valence-electron chi connectivity index (χ4n) is 1.48. The molecule has 0 aliphatic rings. The minimum atomic E-state index is 0.526. The molecule has 0 aromatic heterocycles. The molecule has 0 heterocycles. The lowest BCUT2D eigenvalue weighted by atomic mass is 10.2. The number of anilines is 1. The van der Waals surface area contributed by atoms with E-state index in [-0.39, 0.29) is 0 Å². The second kappa shape index (κ2) is 4.86. The summed E-state index contributed by atoms with van der Waals surface area (Å²) in [5.74, 6) is 1.16. The maximum absolute atomic E-state index is 5.89. The molecule has 0 fully saturated rings. The minimum Gasteiger partial charge on any atom is -0.455 e. The van der Waals surface area contributed by atoms with Gasteiger partial charge in [-0.05, 0) is 42.8 Å². The van der Waals surface area contributed by atoms with E-state index in [0.717, 1.165) is 5.56 Å². The molecule has 2 rings (SSSR count). The first-order valence-corrected chi connectivity index (χ1v) is 5.80. The number of benzene rings is 2. The van der Waals surface area contributed by atoms with Crippen LogP contribution in [-0.2, 0) is 0 Å². The largest absolute Gasteiger partial charge is 0.455 e. The molecule has 0 aliphatic carbocycles. The summed E-state index contributed by atoms with van der Waals surface area (Å²) in [6, 6.07) is 10.6. The second-order valence-electron chi connectivity index (χ2n) is 3.75. The third-order valence-corrected chi connectivity index (χ3v) is 2.67. The van der Waals surface area contributed by atoms with E-state index in [9.17, 15) is 0 Å². The third kappa shape index (κ3) is 3.05. The Kier molecular flexibility index (Phi) is 3.46. The Morgan fingerprint density at radius 1 is 1.00 bits per heavy atom. The highest BCUT2D eigenvalue weighted by Gasteiger charge is 2.04. The van der Waals surface area contributed by atoms with E-state index < -0.39 is 0 Å². The summed E-state index contributed by atoms with van der Waals surface area (Å²) in [4.78, 5) is 0. The molecule has 0 atom stereocenters. The van der Waals surface area contributed by atoms with Gasteiger partial charge in [0, 0.05) is 10.0 Å². The van der Waals surface area contributed by atoms with Gasteiger partial charge in [0.05, 0.1) is 5.69 Å². The molecule has 0 bridgehead atoms. The average molecular weight is 268 g/mol. The van der Waals surface area contributed by atoms with Gasteiger partial charge in [-0.3, -0.25) is 0 Å². The number of hydrogen-bond donors (Lipinski definition) is 1. The predicted octanol–water partition coefficient (Wildman–Crippen LogP) is 4.68. The van der Waals surface area contributed by atoms with Gasteiger partial charge in [0.1, 0.15) is 11.5 Å². The Morgan fingerprint density at radius 3 is 2.24 bits per heavy atom. The Labute approximate surface area is 110 Å². The third-order valence-electron chi connectivity index (χ3n) is 2.23. The van der Waals surface area contributed by atoms with Gasteiger partial charge >= 0.3 is 0 Å². The lowest BCUT2D eigenvalue weighted by molar-refractivity contribution is 0.485. The number of ether oxygens (including phenoxy) is 1. The molecule has 0 radical (unpaired) electrons. The highest BCUT2D eigenvalue weighted by atomic mass is 35.5. The van der Waals surface area contributed by atoms with Crippen molar-refractivity contribution in [2.45, 2.75) is 6.92 Å². The van der Waals surface area contributed by atoms with Crippen LogP contribution < -0.4 is 10.5 Å². The zero-order valence-corrected chi connectivity index (χ0v) is 10.7. The molecule has 17 heavy (non-hydrogen) atoms. The topological polar surface area (TPSA) is 35.2 Å². The molecule has 0 unspecified atom stereocenters. The summed E-state index contributed by atoms with van der Waals surface area (Å²) in [6.45, 7) is 1.97. The van der Waals surface area contributed by atoms with Crippen molar-refractivity contribution in [1.82, 2.24) is 0 Å². The van der Waals surface area contributed by atoms with Crippen LogP contribution in [0.15, 0.2) is 36.4 Å². The maximum Gasteiger partial charge on any atom is 0.150 e. The lowest BCUT2D eigenvalue weighted by Crippen LogP contribution is -1.92. The van der Waals surface area contributed by atoms with Gasteiger partial charge in [0.2, 0.25) is 0 Å². The Balaban J connectivity index is 2.31. The smallest absolute Gasteiger partial charge is 0.150 e. The molecule has 2 aromatic carbocycles. The summed E-state index contributed by atoms with van der Waals surface area (Å²) in [6.07, 6.45) is 0. The number of nitrogen functional groups attached to an aromatic ring is 1. The molecule has 88 valence electrons. The van der Waals surface area contributed by atoms with Crippen molar-refractivity contribution in [3.05, 3.63) is 52.0 Å². The van der Waals surface area contributed by atoms with Crippen LogP contribution in [0.2, 0.25) is 10.0 Å². The normalized spacial score (nSPS) is 10.3. The Hall–Kier alpha value is -1.38. The molecule has 2 aromatic rings. The fraction of sp³-hybridized carbons (Fsp3) is 0.0769. The van der Waals surface area contributed by atoms with Crippen LogP contribution in [0.1, 0.15) is 5.56 Å². The van der Waals surface area contributed by atoms with Crippen LogP contribution in [0, 0.1) is 6.92 Å². The van der Waals surface area contributed by atoms with Gasteiger partial charge in [-0.15, -0.1) is 0 Å². The van der Waals surface area contributed by atoms with Crippen molar-refractivity contribution in [3.8, 4) is 11.5 Å². The first kappa shape index (κ1) is 12.1. The van der Waals surface area contributed by atoms with Gasteiger partial charge in [0.15, 0.2) is 0 Å². The summed E-state index contributed by atoms with van der Waals surface area (Å²) in [7, 11) is 0. The number of rotatable bonds is 2. The maximum atomic E-state index is 5.89. The van der Waals surface area contributed by atoms with E-state index in [2.05, 4.69) is 0 Å². The van der Waals surface area contributed by atoms with Crippen LogP contribution in [-0.4, -0.2) is 0 Å². The highest BCUT2D eigenvalue weighted by Crippen LogP contribution is 2.31. The van der Waals surface area contributed by atoms with Crippen LogP contribution in [0.3, 0.4) is 0 Å². The van der Waals surface area contributed by atoms with Crippen molar-refractivity contribution in [1.29, 1.82) is 0 Å². The van der Waals surface area contributed by atoms with Crippen LogP contribution in [0.5, 0.6) is 11.5 Å². The molecular weight excluding hydrogens is 257 g/mol. The van der Waals surface area contributed by atoms with Crippen molar-refractivity contribution in [3.63, 3.8) is 0 Å². The Morgan fingerprint density at radius 2 is 1.65 bits per heavy atom. The van der Waals surface area contributed by atoms with E-state index in [1.54, 1.807) is 18.2 Å². The first-order valence-electron chi connectivity index (χ1n) is 5.04. The van der Waals surface area contributed by atoms with E-state index >= 15 is 0 Å². The predicted molar refractivity (Wildman–Crippen MR) is 72.1 cm³/mol. The summed E-state index contributed by atoms with van der Waals surface area (Å²) in [5.41, 5.74) is 7.52. The van der Waals surface area contributed by atoms with E-state index in [0.29, 0.717) is 27.2 Å². The molecule has 0 spiro atoms. The standard InChI is InChI=1S/C13H11Cl2NO/c1-8-2-3-13(12(16)4-8)17-11-6-9(14)5-10(15)7-11/h2-7H,16H2,1H3. The fourth-order valence-corrected chi connectivity index (χ4v) is 1.98. The first-order chi connectivity index (χ1) is 8.04. The molecule has 0 amide bonds. The zero-order valence-electron chi connectivity index (χ0n) is 9.21. The van der Waals surface area contributed by atoms with Crippen molar-refractivity contribution >= 4 is 28.9 Å². The van der Waals surface area contributed by atoms with Crippen molar-refractivity contribution in [2.24, 2.45) is 0 Å². The van der Waals surface area contributed by atoms with Crippen molar-refractivity contribution in [2.75, 3.05) is 5.73 Å². The summed E-state index contributed by atoms with van der Waals surface area (Å²) < 4.78 is 5.63. The molecule has 0 aliphatic heterocycles. The quantitative estimate of drug-likeness (QED) is 0.803. The number of nitrogens with two attached hydrogens (primary N) is 1. The molecule has 2 nitrogen and oxygen atoms in total. The summed E-state index contributed by atoms with van der Waals surface area (Å²) in [5, 5.41) is 1.05. The van der Waals surface area contributed by atoms with E-state index in [4.69, 9.17) is 33.7 Å². The molecule has 0 saturated heterocycles.